The van der Waals surface area contributed by atoms with Crippen LogP contribution in [0.2, 0.25) is 0 Å². The fourth-order valence-electron chi connectivity index (χ4n) is 2.55. The number of hydrogen-bond acceptors (Lipinski definition) is 6. The highest BCUT2D eigenvalue weighted by Crippen LogP contribution is 2.32. The molecule has 1 aromatic carbocycles. The molecule has 144 valence electrons. The summed E-state index contributed by atoms with van der Waals surface area (Å²) in [5, 5.41) is 21.0. The monoisotopic (exact) mass is 417 g/mol. The van der Waals surface area contributed by atoms with Gasteiger partial charge >= 0.3 is 5.97 Å². The van der Waals surface area contributed by atoms with Crippen LogP contribution in [0.25, 0.3) is 6.08 Å². The zero-order valence-corrected chi connectivity index (χ0v) is 16.2. The lowest BCUT2D eigenvalue weighted by atomic mass is 10.1. The van der Waals surface area contributed by atoms with Gasteiger partial charge in [-0.05, 0) is 36.4 Å². The Morgan fingerprint density at radius 3 is 2.71 bits per heavy atom. The number of rotatable bonds is 5. The van der Waals surface area contributed by atoms with E-state index in [1.807, 2.05) is 29.9 Å². The minimum atomic E-state index is -1.30. The smallest absolute Gasteiger partial charge is 0.337 e. The first-order valence-electron chi connectivity index (χ1n) is 7.99. The maximum absolute atomic E-state index is 12.6. The first kappa shape index (κ1) is 19.6. The van der Waals surface area contributed by atoms with Crippen LogP contribution in [0.1, 0.15) is 16.1 Å². The Kier molecular flexibility index (Phi) is 5.52. The molecule has 0 atom stereocenters. The summed E-state index contributed by atoms with van der Waals surface area (Å²) < 4.78 is 2.09. The summed E-state index contributed by atoms with van der Waals surface area (Å²) >= 11 is 6.30. The van der Waals surface area contributed by atoms with E-state index in [-0.39, 0.29) is 27.9 Å². The van der Waals surface area contributed by atoms with E-state index in [1.165, 1.54) is 12.1 Å². The summed E-state index contributed by atoms with van der Waals surface area (Å²) in [6, 6.07) is 7.25. The Morgan fingerprint density at radius 2 is 2.07 bits per heavy atom. The molecule has 0 bridgehead atoms. The zero-order valence-electron chi connectivity index (χ0n) is 14.6. The van der Waals surface area contributed by atoms with Crippen molar-refractivity contribution in [2.45, 2.75) is 0 Å². The van der Waals surface area contributed by atoms with E-state index < -0.39 is 17.8 Å². The number of hydrogen-bond donors (Lipinski definition) is 3. The lowest BCUT2D eigenvalue weighted by Crippen LogP contribution is -2.36. The fraction of sp³-hybridized carbons (Fsp3) is 0.111. The number of carboxylic acid groups (broad SMARTS) is 1. The second-order valence-electron chi connectivity index (χ2n) is 5.90. The molecule has 1 aliphatic heterocycles. The van der Waals surface area contributed by atoms with Crippen LogP contribution in [0.4, 0.5) is 5.69 Å². The lowest BCUT2D eigenvalue weighted by molar-refractivity contribution is -0.126. The summed E-state index contributed by atoms with van der Waals surface area (Å²) in [7, 11) is 1.84. The van der Waals surface area contributed by atoms with Crippen LogP contribution in [0.15, 0.2) is 41.4 Å². The number of phenols is 1. The predicted molar refractivity (Wildman–Crippen MR) is 109 cm³/mol. The molecular formula is C18H15N3O5S2. The fourth-order valence-corrected chi connectivity index (χ4v) is 3.79. The third kappa shape index (κ3) is 4.07. The predicted octanol–water partition coefficient (Wildman–Crippen LogP) is 2.27. The number of carboxylic acids is 1. The van der Waals surface area contributed by atoms with E-state index in [0.717, 1.165) is 28.4 Å². The Morgan fingerprint density at radius 1 is 1.32 bits per heavy atom. The molecule has 10 heteroatoms. The van der Waals surface area contributed by atoms with Crippen LogP contribution < -0.4 is 5.32 Å². The Labute approximate surface area is 169 Å². The molecule has 0 saturated carbocycles. The third-order valence-corrected chi connectivity index (χ3v) is 5.32. The van der Waals surface area contributed by atoms with E-state index in [9.17, 15) is 24.6 Å². The van der Waals surface area contributed by atoms with Gasteiger partial charge in [0.2, 0.25) is 5.91 Å². The van der Waals surface area contributed by atoms with Crippen molar-refractivity contribution in [2.75, 3.05) is 11.9 Å². The van der Waals surface area contributed by atoms with Gasteiger partial charge in [-0.25, -0.2) is 4.79 Å². The molecule has 3 rings (SSSR count). The maximum Gasteiger partial charge on any atom is 0.337 e. The number of thiocarbonyl (C=S) groups is 1. The number of carbonyl (C=O) groups excluding carboxylic acids is 2. The number of phenolic OH excluding ortho intramolecular Hbond substituents is 1. The molecule has 1 fully saturated rings. The van der Waals surface area contributed by atoms with E-state index in [0.29, 0.717) is 4.91 Å². The van der Waals surface area contributed by atoms with Crippen molar-refractivity contribution in [2.24, 2.45) is 7.05 Å². The molecule has 0 aliphatic carbocycles. The number of aromatic carboxylic acids is 1. The van der Waals surface area contributed by atoms with Gasteiger partial charge in [0, 0.05) is 18.9 Å². The number of nitrogens with one attached hydrogen (secondary N) is 1. The Balaban J connectivity index is 1.74. The third-order valence-electron chi connectivity index (χ3n) is 3.95. The number of amides is 2. The van der Waals surface area contributed by atoms with Gasteiger partial charge in [0.25, 0.3) is 5.91 Å². The van der Waals surface area contributed by atoms with E-state index in [1.54, 1.807) is 6.08 Å². The normalized spacial score (nSPS) is 15.3. The summed E-state index contributed by atoms with van der Waals surface area (Å²) in [5.41, 5.74) is 0.572. The van der Waals surface area contributed by atoms with E-state index >= 15 is 0 Å². The standard InChI is InChI=1S/C18H15N3O5S2/c1-20-6-2-3-10(20)7-14-16(24)21(18(27)28-14)9-15(23)19-13-5-4-11(22)8-12(13)17(25)26/h2-8,22H,9H2,1H3,(H,19,23)(H,25,26). The van der Waals surface area contributed by atoms with Crippen LogP contribution in [0.5, 0.6) is 5.75 Å². The van der Waals surface area contributed by atoms with Crippen LogP contribution >= 0.6 is 24.0 Å². The number of aromatic hydroxyl groups is 1. The largest absolute Gasteiger partial charge is 0.508 e. The highest BCUT2D eigenvalue weighted by Gasteiger charge is 2.33. The molecular weight excluding hydrogens is 402 g/mol. The van der Waals surface area contributed by atoms with Crippen molar-refractivity contribution in [3.63, 3.8) is 0 Å². The lowest BCUT2D eigenvalue weighted by Gasteiger charge is -2.15. The van der Waals surface area contributed by atoms with Gasteiger partial charge in [0.1, 0.15) is 16.6 Å². The van der Waals surface area contributed by atoms with Crippen molar-refractivity contribution in [1.82, 2.24) is 9.47 Å². The quantitative estimate of drug-likeness (QED) is 0.389. The van der Waals surface area contributed by atoms with Crippen LogP contribution in [0.3, 0.4) is 0 Å². The van der Waals surface area contributed by atoms with Crippen molar-refractivity contribution in [1.29, 1.82) is 0 Å². The molecule has 0 radical (unpaired) electrons. The molecule has 0 unspecified atom stereocenters. The molecule has 3 N–H and O–H groups in total. The number of aryl methyl sites for hydroxylation is 1. The van der Waals surface area contributed by atoms with Crippen molar-refractivity contribution < 1.29 is 24.6 Å². The van der Waals surface area contributed by atoms with Crippen molar-refractivity contribution >= 4 is 57.8 Å². The minimum Gasteiger partial charge on any atom is -0.508 e. The first-order chi connectivity index (χ1) is 13.3. The van der Waals surface area contributed by atoms with Crippen LogP contribution in [0, 0.1) is 0 Å². The van der Waals surface area contributed by atoms with Gasteiger partial charge in [0.15, 0.2) is 0 Å². The Hall–Kier alpha value is -3.11. The molecule has 1 aromatic heterocycles. The molecule has 2 heterocycles. The SMILES string of the molecule is Cn1cccc1C=C1SC(=S)N(CC(=O)Nc2ccc(O)cc2C(=O)O)C1=O. The number of nitrogens with zero attached hydrogens (tertiary/aromatic N) is 2. The number of anilines is 1. The molecule has 1 aliphatic rings. The second-order valence-corrected chi connectivity index (χ2v) is 7.57. The number of benzene rings is 1. The van der Waals surface area contributed by atoms with Gasteiger partial charge in [-0.1, -0.05) is 24.0 Å². The van der Waals surface area contributed by atoms with Crippen molar-refractivity contribution in [3.8, 4) is 5.75 Å². The summed E-state index contributed by atoms with van der Waals surface area (Å²) in [5.74, 6) is -2.54. The van der Waals surface area contributed by atoms with E-state index in [2.05, 4.69) is 5.32 Å². The summed E-state index contributed by atoms with van der Waals surface area (Å²) in [6.07, 6.45) is 3.54. The molecule has 1 saturated heterocycles. The van der Waals surface area contributed by atoms with E-state index in [4.69, 9.17) is 12.2 Å². The van der Waals surface area contributed by atoms with Gasteiger partial charge in [-0.15, -0.1) is 0 Å². The average molecular weight is 417 g/mol. The Bertz CT molecular complexity index is 1030. The second kappa shape index (κ2) is 7.87. The molecule has 8 nitrogen and oxygen atoms in total. The highest BCUT2D eigenvalue weighted by molar-refractivity contribution is 8.26. The maximum atomic E-state index is 12.6. The van der Waals surface area contributed by atoms with Gasteiger partial charge in [-0.3, -0.25) is 14.5 Å². The van der Waals surface area contributed by atoms with Crippen molar-refractivity contribution in [3.05, 3.63) is 52.7 Å². The van der Waals surface area contributed by atoms with Crippen LogP contribution in [-0.2, 0) is 16.6 Å². The molecule has 2 aromatic rings. The molecule has 2 amide bonds. The summed E-state index contributed by atoms with van der Waals surface area (Å²) in [6.45, 7) is -0.352. The molecule has 0 spiro atoms. The van der Waals surface area contributed by atoms with Gasteiger partial charge in [-0.2, -0.15) is 0 Å². The zero-order chi connectivity index (χ0) is 20.4. The molecule has 28 heavy (non-hydrogen) atoms. The summed E-state index contributed by atoms with van der Waals surface area (Å²) in [4.78, 5) is 37.8. The minimum absolute atomic E-state index is 0.0140. The average Bonchev–Trinajstić information content (AvgIpc) is 3.14. The van der Waals surface area contributed by atoms with Gasteiger partial charge in [0.05, 0.1) is 16.2 Å². The number of thioether (sulfide) groups is 1. The number of aromatic nitrogens is 1. The first-order valence-corrected chi connectivity index (χ1v) is 9.21. The highest BCUT2D eigenvalue weighted by atomic mass is 32.2. The van der Waals surface area contributed by atoms with Crippen LogP contribution in [-0.4, -0.2) is 48.3 Å². The van der Waals surface area contributed by atoms with Gasteiger partial charge < -0.3 is 20.1 Å². The topological polar surface area (TPSA) is 112 Å². The number of carbonyl (C=O) groups is 3.